The minimum Gasteiger partial charge on any atom is -0.322 e. The number of amides is 1. The first-order valence-electron chi connectivity index (χ1n) is 9.35. The third-order valence-electron chi connectivity index (χ3n) is 4.81. The van der Waals surface area contributed by atoms with Crippen molar-refractivity contribution in [3.63, 3.8) is 0 Å². The average molecular weight is 389 g/mol. The molecule has 6 heteroatoms. The average Bonchev–Trinajstić information content (AvgIpc) is 2.68. The predicted octanol–water partition coefficient (Wildman–Crippen LogP) is 4.48. The summed E-state index contributed by atoms with van der Waals surface area (Å²) in [6, 6.07) is 13.8. The highest BCUT2D eigenvalue weighted by Gasteiger charge is 2.21. The van der Waals surface area contributed by atoms with E-state index in [1.54, 1.807) is 26.0 Å². The maximum absolute atomic E-state index is 12.6. The largest absolute Gasteiger partial charge is 0.322 e. The molecule has 27 heavy (non-hydrogen) atoms. The number of anilines is 1. The molecule has 0 heterocycles. The first-order chi connectivity index (χ1) is 12.8. The van der Waals surface area contributed by atoms with Crippen LogP contribution in [0.15, 0.2) is 53.4 Å². The Balaban J connectivity index is 2.22. The molecule has 0 aromatic heterocycles. The van der Waals surface area contributed by atoms with E-state index < -0.39 is 10.0 Å². The van der Waals surface area contributed by atoms with Crippen LogP contribution < -0.4 is 5.32 Å². The van der Waals surface area contributed by atoms with Gasteiger partial charge in [-0.2, -0.15) is 4.31 Å². The van der Waals surface area contributed by atoms with Gasteiger partial charge in [0.05, 0.1) is 4.90 Å². The second kappa shape index (κ2) is 9.15. The highest BCUT2D eigenvalue weighted by atomic mass is 32.2. The lowest BCUT2D eigenvalue weighted by molar-refractivity contribution is 0.102. The van der Waals surface area contributed by atoms with Crippen molar-refractivity contribution in [3.8, 4) is 0 Å². The monoisotopic (exact) mass is 388 g/mol. The summed E-state index contributed by atoms with van der Waals surface area (Å²) in [5.74, 6) is 0.0839. The highest BCUT2D eigenvalue weighted by Crippen LogP contribution is 2.27. The van der Waals surface area contributed by atoms with Gasteiger partial charge in [0, 0.05) is 24.3 Å². The van der Waals surface area contributed by atoms with E-state index >= 15 is 0 Å². The van der Waals surface area contributed by atoms with Crippen molar-refractivity contribution >= 4 is 21.6 Å². The number of carbonyl (C=O) groups excluding carboxylic acids is 1. The number of carbonyl (C=O) groups is 1. The molecular weight excluding hydrogens is 360 g/mol. The van der Waals surface area contributed by atoms with Gasteiger partial charge in [0.1, 0.15) is 0 Å². The molecule has 2 aromatic rings. The van der Waals surface area contributed by atoms with E-state index in [1.807, 2.05) is 24.3 Å². The summed E-state index contributed by atoms with van der Waals surface area (Å²) in [6.45, 7) is 8.66. The van der Waals surface area contributed by atoms with Gasteiger partial charge in [-0.1, -0.05) is 45.9 Å². The van der Waals surface area contributed by atoms with Crippen molar-refractivity contribution in [1.29, 1.82) is 0 Å². The molecule has 2 aromatic carbocycles. The molecule has 0 saturated heterocycles. The van der Waals surface area contributed by atoms with Crippen LogP contribution in [0, 0.1) is 0 Å². The molecule has 1 amide bonds. The van der Waals surface area contributed by atoms with Crippen LogP contribution in [0.25, 0.3) is 0 Å². The molecule has 2 rings (SSSR count). The first-order valence-corrected chi connectivity index (χ1v) is 10.8. The molecule has 0 spiro atoms. The molecule has 1 atom stereocenters. The molecule has 0 saturated carbocycles. The Morgan fingerprint density at radius 2 is 1.59 bits per heavy atom. The lowest BCUT2D eigenvalue weighted by atomic mass is 9.97. The van der Waals surface area contributed by atoms with Crippen LogP contribution in [0.4, 0.5) is 5.69 Å². The van der Waals surface area contributed by atoms with Gasteiger partial charge >= 0.3 is 0 Å². The number of rotatable bonds is 8. The van der Waals surface area contributed by atoms with Crippen LogP contribution in [-0.4, -0.2) is 31.7 Å². The number of nitrogens with zero attached hydrogens (tertiary/aromatic N) is 1. The molecule has 146 valence electrons. The summed E-state index contributed by atoms with van der Waals surface area (Å²) in [6.07, 6.45) is 0.977. The SMILES string of the molecule is CCC(C)c1ccccc1NC(=O)c1ccc(S(=O)(=O)N(CC)CC)cc1. The topological polar surface area (TPSA) is 66.5 Å². The normalized spacial score (nSPS) is 12.8. The van der Waals surface area contributed by atoms with Crippen molar-refractivity contribution in [1.82, 2.24) is 4.31 Å². The summed E-state index contributed by atoms with van der Waals surface area (Å²) in [5, 5.41) is 2.95. The third-order valence-corrected chi connectivity index (χ3v) is 6.88. The molecular formula is C21H28N2O3S. The maximum Gasteiger partial charge on any atom is 0.255 e. The molecule has 0 aliphatic heterocycles. The van der Waals surface area contributed by atoms with Gasteiger partial charge in [0.2, 0.25) is 10.0 Å². The molecule has 1 N–H and O–H groups in total. The van der Waals surface area contributed by atoms with Gasteiger partial charge in [-0.3, -0.25) is 4.79 Å². The van der Waals surface area contributed by atoms with Crippen LogP contribution in [0.2, 0.25) is 0 Å². The number of benzene rings is 2. The summed E-state index contributed by atoms with van der Waals surface area (Å²) in [5.41, 5.74) is 2.30. The van der Waals surface area contributed by atoms with E-state index in [9.17, 15) is 13.2 Å². The van der Waals surface area contributed by atoms with Crippen molar-refractivity contribution in [2.45, 2.75) is 44.9 Å². The lowest BCUT2D eigenvalue weighted by Gasteiger charge is -2.18. The van der Waals surface area contributed by atoms with Gasteiger partial charge in [0.25, 0.3) is 5.91 Å². The van der Waals surface area contributed by atoms with Gasteiger partial charge in [-0.15, -0.1) is 0 Å². The minimum absolute atomic E-state index is 0.197. The van der Waals surface area contributed by atoms with E-state index in [2.05, 4.69) is 19.2 Å². The Labute approximate surface area is 162 Å². The molecule has 0 radical (unpaired) electrons. The zero-order valence-electron chi connectivity index (χ0n) is 16.4. The standard InChI is InChI=1S/C21H28N2O3S/c1-5-16(4)19-10-8-9-11-20(19)22-21(24)17-12-14-18(15-13-17)27(25,26)23(6-2)7-3/h8-16H,5-7H2,1-4H3,(H,22,24). The van der Waals surface area contributed by atoms with E-state index in [0.29, 0.717) is 24.6 Å². The van der Waals surface area contributed by atoms with Crippen molar-refractivity contribution in [2.24, 2.45) is 0 Å². The Morgan fingerprint density at radius 1 is 1.00 bits per heavy atom. The zero-order valence-corrected chi connectivity index (χ0v) is 17.2. The van der Waals surface area contributed by atoms with Crippen LogP contribution in [0.5, 0.6) is 0 Å². The number of nitrogens with one attached hydrogen (secondary N) is 1. The Hall–Kier alpha value is -2.18. The van der Waals surface area contributed by atoms with Gasteiger partial charge in [-0.05, 0) is 48.2 Å². The fraction of sp³-hybridized carbons (Fsp3) is 0.381. The van der Waals surface area contributed by atoms with Crippen LogP contribution in [-0.2, 0) is 10.0 Å². The van der Waals surface area contributed by atoms with Crippen molar-refractivity contribution < 1.29 is 13.2 Å². The zero-order chi connectivity index (χ0) is 20.0. The number of para-hydroxylation sites is 1. The van der Waals surface area contributed by atoms with E-state index in [0.717, 1.165) is 17.7 Å². The fourth-order valence-electron chi connectivity index (χ4n) is 2.95. The summed E-state index contributed by atoms with van der Waals surface area (Å²) >= 11 is 0. The van der Waals surface area contributed by atoms with Crippen molar-refractivity contribution in [2.75, 3.05) is 18.4 Å². The maximum atomic E-state index is 12.6. The number of hydrogen-bond acceptors (Lipinski definition) is 3. The summed E-state index contributed by atoms with van der Waals surface area (Å²) in [4.78, 5) is 12.8. The van der Waals surface area contributed by atoms with Gasteiger partial charge < -0.3 is 5.32 Å². The first kappa shape index (κ1) is 21.1. The lowest BCUT2D eigenvalue weighted by Crippen LogP contribution is -2.30. The fourth-order valence-corrected chi connectivity index (χ4v) is 4.40. The van der Waals surface area contributed by atoms with E-state index in [-0.39, 0.29) is 10.8 Å². The van der Waals surface area contributed by atoms with Crippen LogP contribution >= 0.6 is 0 Å². The quantitative estimate of drug-likeness (QED) is 0.725. The second-order valence-corrected chi connectivity index (χ2v) is 8.40. The molecule has 0 aliphatic rings. The Bertz CT molecular complexity index is 873. The molecule has 0 fully saturated rings. The van der Waals surface area contributed by atoms with E-state index in [1.165, 1.54) is 16.4 Å². The third kappa shape index (κ3) is 4.76. The molecule has 1 unspecified atom stereocenters. The minimum atomic E-state index is -3.52. The second-order valence-electron chi connectivity index (χ2n) is 6.46. The van der Waals surface area contributed by atoms with Crippen molar-refractivity contribution in [3.05, 3.63) is 59.7 Å². The van der Waals surface area contributed by atoms with E-state index in [4.69, 9.17) is 0 Å². The Kier molecular flexibility index (Phi) is 7.16. The molecule has 0 bridgehead atoms. The van der Waals surface area contributed by atoms with Crippen LogP contribution in [0.1, 0.15) is 56.0 Å². The highest BCUT2D eigenvalue weighted by molar-refractivity contribution is 7.89. The van der Waals surface area contributed by atoms with Crippen LogP contribution in [0.3, 0.4) is 0 Å². The molecule has 5 nitrogen and oxygen atoms in total. The number of hydrogen-bond donors (Lipinski definition) is 1. The van der Waals surface area contributed by atoms with Gasteiger partial charge in [-0.25, -0.2) is 8.42 Å². The molecule has 0 aliphatic carbocycles. The summed E-state index contributed by atoms with van der Waals surface area (Å²) < 4.78 is 26.5. The smallest absolute Gasteiger partial charge is 0.255 e. The van der Waals surface area contributed by atoms with Gasteiger partial charge in [0.15, 0.2) is 0 Å². The predicted molar refractivity (Wildman–Crippen MR) is 110 cm³/mol. The Morgan fingerprint density at radius 3 is 2.15 bits per heavy atom. The number of sulfonamides is 1. The summed E-state index contributed by atoms with van der Waals surface area (Å²) in [7, 11) is -3.52.